The van der Waals surface area contributed by atoms with Crippen molar-refractivity contribution in [3.63, 3.8) is 0 Å². The van der Waals surface area contributed by atoms with Crippen molar-refractivity contribution in [3.8, 4) is 5.75 Å². The summed E-state index contributed by atoms with van der Waals surface area (Å²) < 4.78 is 17.2. The molecule has 0 N–H and O–H groups in total. The van der Waals surface area contributed by atoms with Crippen molar-refractivity contribution in [1.82, 2.24) is 4.90 Å². The van der Waals surface area contributed by atoms with Crippen molar-refractivity contribution in [1.29, 1.82) is 0 Å². The Morgan fingerprint density at radius 3 is 2.50 bits per heavy atom. The Hall–Kier alpha value is -1.85. The second kappa shape index (κ2) is 7.36. The minimum atomic E-state index is 0.0847. The molecular weight excluding hydrogens is 306 g/mol. The average molecular weight is 331 g/mol. The lowest BCUT2D eigenvalue weighted by atomic mass is 10.0. The first kappa shape index (κ1) is 17.0. The summed E-state index contributed by atoms with van der Waals surface area (Å²) >= 11 is 0. The van der Waals surface area contributed by atoms with Crippen molar-refractivity contribution in [3.05, 3.63) is 39.2 Å². The van der Waals surface area contributed by atoms with Crippen LogP contribution in [0.2, 0.25) is 0 Å². The number of methoxy groups -OCH3 is 1. The van der Waals surface area contributed by atoms with Gasteiger partial charge in [-0.05, 0) is 18.6 Å². The van der Waals surface area contributed by atoms with Gasteiger partial charge in [0, 0.05) is 31.6 Å². The van der Waals surface area contributed by atoms with Crippen LogP contribution in [0.4, 0.5) is 0 Å². The first-order chi connectivity index (χ1) is 11.7. The van der Waals surface area contributed by atoms with E-state index in [-0.39, 0.29) is 5.43 Å². The van der Waals surface area contributed by atoms with Crippen molar-refractivity contribution in [2.75, 3.05) is 33.4 Å². The van der Waals surface area contributed by atoms with Crippen LogP contribution in [-0.4, -0.2) is 38.3 Å². The van der Waals surface area contributed by atoms with Crippen LogP contribution in [0, 0.1) is 0 Å². The van der Waals surface area contributed by atoms with E-state index < -0.39 is 0 Å². The van der Waals surface area contributed by atoms with E-state index in [9.17, 15) is 4.79 Å². The zero-order valence-corrected chi connectivity index (χ0v) is 14.7. The largest absolute Gasteiger partial charge is 0.496 e. The molecule has 0 amide bonds. The average Bonchev–Trinajstić information content (AvgIpc) is 2.62. The van der Waals surface area contributed by atoms with Gasteiger partial charge in [-0.2, -0.15) is 0 Å². The summed E-state index contributed by atoms with van der Waals surface area (Å²) in [6.45, 7) is 7.92. The third kappa shape index (κ3) is 3.06. The summed E-state index contributed by atoms with van der Waals surface area (Å²) in [6.07, 6.45) is 1.40. The Labute approximate surface area is 142 Å². The summed E-state index contributed by atoms with van der Waals surface area (Å²) in [5.74, 6) is 1.55. The minimum Gasteiger partial charge on any atom is -0.496 e. The minimum absolute atomic E-state index is 0.0847. The van der Waals surface area contributed by atoms with Gasteiger partial charge >= 0.3 is 0 Å². The molecule has 0 radical (unpaired) electrons. The topological polar surface area (TPSA) is 51.9 Å². The lowest BCUT2D eigenvalue weighted by Crippen LogP contribution is -2.35. The van der Waals surface area contributed by atoms with Gasteiger partial charge in [-0.3, -0.25) is 9.69 Å². The molecule has 1 fully saturated rings. The normalized spacial score (nSPS) is 15.8. The predicted octanol–water partition coefficient (Wildman–Crippen LogP) is 2.76. The van der Waals surface area contributed by atoms with E-state index in [1.54, 1.807) is 7.11 Å². The molecule has 0 bridgehead atoms. The summed E-state index contributed by atoms with van der Waals surface area (Å²) in [4.78, 5) is 15.2. The molecule has 2 heterocycles. The maximum atomic E-state index is 12.8. The van der Waals surface area contributed by atoms with Crippen molar-refractivity contribution in [2.45, 2.75) is 33.2 Å². The maximum Gasteiger partial charge on any atom is 0.196 e. The summed E-state index contributed by atoms with van der Waals surface area (Å²) in [5.41, 5.74) is 2.49. The number of hydrogen-bond donors (Lipinski definition) is 0. The molecule has 0 saturated carbocycles. The van der Waals surface area contributed by atoms with E-state index in [4.69, 9.17) is 13.9 Å². The highest BCUT2D eigenvalue weighted by Crippen LogP contribution is 2.30. The SMILES string of the molecule is CCc1oc2c(CN3CCOCC3)c(OC)ccc2c(=O)c1CC. The van der Waals surface area contributed by atoms with Gasteiger partial charge in [0.1, 0.15) is 17.1 Å². The number of morpholine rings is 1. The fraction of sp³-hybridized carbons (Fsp3) is 0.526. The molecule has 1 saturated heterocycles. The number of fused-ring (bicyclic) bond motifs is 1. The quantitative estimate of drug-likeness (QED) is 0.843. The molecule has 1 aliphatic heterocycles. The number of rotatable bonds is 5. The Morgan fingerprint density at radius 2 is 1.88 bits per heavy atom. The third-order valence-corrected chi connectivity index (χ3v) is 4.68. The fourth-order valence-corrected chi connectivity index (χ4v) is 3.35. The number of nitrogens with zero attached hydrogens (tertiary/aromatic N) is 1. The molecule has 0 aliphatic carbocycles. The maximum absolute atomic E-state index is 12.8. The highest BCUT2D eigenvalue weighted by molar-refractivity contribution is 5.83. The van der Waals surface area contributed by atoms with Gasteiger partial charge in [-0.1, -0.05) is 13.8 Å². The smallest absolute Gasteiger partial charge is 0.196 e. The zero-order valence-electron chi connectivity index (χ0n) is 14.7. The number of aryl methyl sites for hydroxylation is 1. The first-order valence-electron chi connectivity index (χ1n) is 8.64. The molecule has 1 aliphatic rings. The van der Waals surface area contributed by atoms with E-state index in [0.717, 1.165) is 48.9 Å². The molecule has 24 heavy (non-hydrogen) atoms. The van der Waals surface area contributed by atoms with Gasteiger partial charge in [0.2, 0.25) is 0 Å². The van der Waals surface area contributed by atoms with Crippen molar-refractivity contribution < 1.29 is 13.9 Å². The van der Waals surface area contributed by atoms with Crippen LogP contribution in [0.1, 0.15) is 30.7 Å². The van der Waals surface area contributed by atoms with Crippen molar-refractivity contribution in [2.24, 2.45) is 0 Å². The van der Waals surface area contributed by atoms with Gasteiger partial charge in [0.25, 0.3) is 0 Å². The first-order valence-corrected chi connectivity index (χ1v) is 8.64. The molecule has 3 rings (SSSR count). The predicted molar refractivity (Wildman–Crippen MR) is 93.9 cm³/mol. The Balaban J connectivity index is 2.17. The van der Waals surface area contributed by atoms with E-state index in [1.165, 1.54) is 0 Å². The molecule has 5 nitrogen and oxygen atoms in total. The van der Waals surface area contributed by atoms with Gasteiger partial charge in [0.05, 0.1) is 31.3 Å². The molecule has 0 unspecified atom stereocenters. The molecule has 0 spiro atoms. The molecule has 130 valence electrons. The molecular formula is C19H25NO4. The van der Waals surface area contributed by atoms with Crippen LogP contribution in [0.25, 0.3) is 11.0 Å². The molecule has 5 heteroatoms. The molecule has 2 aromatic rings. The van der Waals surface area contributed by atoms with Crippen LogP contribution < -0.4 is 10.2 Å². The third-order valence-electron chi connectivity index (χ3n) is 4.68. The van der Waals surface area contributed by atoms with Gasteiger partial charge in [-0.15, -0.1) is 0 Å². The van der Waals surface area contributed by atoms with Crippen LogP contribution in [-0.2, 0) is 24.1 Å². The second-order valence-electron chi connectivity index (χ2n) is 6.05. The van der Waals surface area contributed by atoms with E-state index in [0.29, 0.717) is 30.4 Å². The Kier molecular flexibility index (Phi) is 5.21. The highest BCUT2D eigenvalue weighted by atomic mass is 16.5. The van der Waals surface area contributed by atoms with Gasteiger partial charge in [-0.25, -0.2) is 0 Å². The Morgan fingerprint density at radius 1 is 1.12 bits per heavy atom. The molecule has 1 aromatic carbocycles. The zero-order chi connectivity index (χ0) is 17.1. The highest BCUT2D eigenvalue weighted by Gasteiger charge is 2.20. The lowest BCUT2D eigenvalue weighted by molar-refractivity contribution is 0.0339. The fourth-order valence-electron chi connectivity index (χ4n) is 3.35. The molecule has 0 atom stereocenters. The number of benzene rings is 1. The van der Waals surface area contributed by atoms with Crippen molar-refractivity contribution >= 4 is 11.0 Å². The number of hydrogen-bond acceptors (Lipinski definition) is 5. The van der Waals surface area contributed by atoms with Crippen LogP contribution in [0.3, 0.4) is 0 Å². The monoisotopic (exact) mass is 331 g/mol. The van der Waals surface area contributed by atoms with Crippen LogP contribution >= 0.6 is 0 Å². The van der Waals surface area contributed by atoms with E-state index in [1.807, 2.05) is 26.0 Å². The van der Waals surface area contributed by atoms with Crippen LogP contribution in [0.15, 0.2) is 21.3 Å². The number of ether oxygens (including phenoxy) is 2. The summed E-state index contributed by atoms with van der Waals surface area (Å²) in [7, 11) is 1.66. The van der Waals surface area contributed by atoms with Gasteiger partial charge in [0.15, 0.2) is 5.43 Å². The van der Waals surface area contributed by atoms with E-state index >= 15 is 0 Å². The van der Waals surface area contributed by atoms with Crippen LogP contribution in [0.5, 0.6) is 5.75 Å². The lowest BCUT2D eigenvalue weighted by Gasteiger charge is -2.27. The summed E-state index contributed by atoms with van der Waals surface area (Å²) in [6, 6.07) is 3.70. The second-order valence-corrected chi connectivity index (χ2v) is 6.05. The van der Waals surface area contributed by atoms with Gasteiger partial charge < -0.3 is 13.9 Å². The Bertz CT molecular complexity index is 775. The summed E-state index contributed by atoms with van der Waals surface area (Å²) in [5, 5.41) is 0.646. The standard InChI is InChI=1S/C19H25NO4/c1-4-13-16(5-2)24-19-14(18(13)21)6-7-17(22-3)15(19)12-20-8-10-23-11-9-20/h6-7H,4-5,8-12H2,1-3H3. The van der Waals surface area contributed by atoms with E-state index in [2.05, 4.69) is 4.90 Å². The molecule has 1 aromatic heterocycles.